The van der Waals surface area contributed by atoms with Crippen molar-refractivity contribution in [1.82, 2.24) is 4.90 Å². The predicted molar refractivity (Wildman–Crippen MR) is 67.9 cm³/mol. The summed E-state index contributed by atoms with van der Waals surface area (Å²) in [6.45, 7) is 7.23. The number of carbonyl (C=O) groups excluding carboxylic acids is 1. The first kappa shape index (κ1) is 12.4. The fourth-order valence-electron chi connectivity index (χ4n) is 2.16. The molecule has 0 bridgehead atoms. The average molecular weight is 245 g/mol. The fraction of sp³-hybridized carbons (Fsp3) is 0.286. The van der Waals surface area contributed by atoms with Gasteiger partial charge in [-0.2, -0.15) is 0 Å². The highest BCUT2D eigenvalue weighted by Gasteiger charge is 2.37. The number of carbonyl (C=O) groups is 2. The zero-order valence-electron chi connectivity index (χ0n) is 10.4. The van der Waals surface area contributed by atoms with Crippen LogP contribution in [0.4, 0.5) is 0 Å². The molecule has 0 aliphatic carbocycles. The summed E-state index contributed by atoms with van der Waals surface area (Å²) in [5.41, 5.74) is 1.95. The number of nitrogens with zero attached hydrogens (tertiary/aromatic N) is 1. The molecule has 18 heavy (non-hydrogen) atoms. The first-order valence-electron chi connectivity index (χ1n) is 5.79. The number of carboxylic acids is 1. The Morgan fingerprint density at radius 3 is 2.33 bits per heavy atom. The molecule has 1 aromatic carbocycles. The first-order chi connectivity index (χ1) is 8.45. The molecule has 0 aromatic heterocycles. The number of aliphatic carboxylic acids is 1. The summed E-state index contributed by atoms with van der Waals surface area (Å²) in [4.78, 5) is 24.7. The Morgan fingerprint density at radius 1 is 1.28 bits per heavy atom. The second kappa shape index (κ2) is 4.29. The molecule has 1 aliphatic rings. The Balaban J connectivity index is 2.37. The minimum absolute atomic E-state index is 0.170. The minimum Gasteiger partial charge on any atom is -0.481 e. The molecule has 1 aromatic rings. The van der Waals surface area contributed by atoms with Gasteiger partial charge in [-0.05, 0) is 19.9 Å². The lowest BCUT2D eigenvalue weighted by atomic mass is 10.0. The topological polar surface area (TPSA) is 57.6 Å². The predicted octanol–water partition coefficient (Wildman–Crippen LogP) is 2.22. The first-order valence-corrected chi connectivity index (χ1v) is 5.79. The largest absolute Gasteiger partial charge is 0.481 e. The highest BCUT2D eigenvalue weighted by molar-refractivity contribution is 6.09. The normalized spacial score (nSPS) is 17.6. The van der Waals surface area contributed by atoms with Crippen LogP contribution in [0.5, 0.6) is 0 Å². The van der Waals surface area contributed by atoms with Crippen LogP contribution in [0.2, 0.25) is 0 Å². The maximum atomic E-state index is 12.2. The summed E-state index contributed by atoms with van der Waals surface area (Å²) in [5, 5.41) is 9.03. The zero-order valence-corrected chi connectivity index (χ0v) is 10.4. The van der Waals surface area contributed by atoms with E-state index in [2.05, 4.69) is 6.58 Å². The number of amides is 1. The van der Waals surface area contributed by atoms with Gasteiger partial charge in [-0.3, -0.25) is 9.59 Å². The molecule has 1 aliphatic heterocycles. The van der Waals surface area contributed by atoms with Gasteiger partial charge in [0, 0.05) is 22.9 Å². The smallest absolute Gasteiger partial charge is 0.308 e. The van der Waals surface area contributed by atoms with Gasteiger partial charge in [0.1, 0.15) is 0 Å². The molecule has 1 heterocycles. The SMILES string of the molecule is C=C1c2ccccc2C(=O)N1C(C)C(C)C(=O)O. The Labute approximate surface area is 106 Å². The third-order valence-electron chi connectivity index (χ3n) is 3.50. The fourth-order valence-corrected chi connectivity index (χ4v) is 2.16. The molecule has 0 saturated carbocycles. The summed E-state index contributed by atoms with van der Waals surface area (Å²) in [6.07, 6.45) is 0. The Morgan fingerprint density at radius 2 is 1.83 bits per heavy atom. The number of hydrogen-bond donors (Lipinski definition) is 1. The van der Waals surface area contributed by atoms with Crippen molar-refractivity contribution in [3.63, 3.8) is 0 Å². The minimum atomic E-state index is -0.918. The van der Waals surface area contributed by atoms with Crippen molar-refractivity contribution in [2.75, 3.05) is 0 Å². The Hall–Kier alpha value is -2.10. The van der Waals surface area contributed by atoms with Crippen molar-refractivity contribution >= 4 is 17.6 Å². The van der Waals surface area contributed by atoms with Crippen molar-refractivity contribution in [1.29, 1.82) is 0 Å². The summed E-state index contributed by atoms with van der Waals surface area (Å²) < 4.78 is 0. The van der Waals surface area contributed by atoms with E-state index >= 15 is 0 Å². The van der Waals surface area contributed by atoms with Crippen LogP contribution < -0.4 is 0 Å². The van der Waals surface area contributed by atoms with Crippen LogP contribution in [0.15, 0.2) is 30.8 Å². The third kappa shape index (κ3) is 1.70. The van der Waals surface area contributed by atoms with E-state index in [1.807, 2.05) is 12.1 Å². The molecule has 2 atom stereocenters. The number of carboxylic acid groups (broad SMARTS) is 1. The van der Waals surface area contributed by atoms with Crippen LogP contribution in [0.1, 0.15) is 29.8 Å². The lowest BCUT2D eigenvalue weighted by Crippen LogP contribution is -2.39. The van der Waals surface area contributed by atoms with E-state index in [0.29, 0.717) is 11.3 Å². The number of hydrogen-bond acceptors (Lipinski definition) is 2. The highest BCUT2D eigenvalue weighted by Crippen LogP contribution is 2.34. The second-order valence-electron chi connectivity index (χ2n) is 4.53. The second-order valence-corrected chi connectivity index (χ2v) is 4.53. The monoisotopic (exact) mass is 245 g/mol. The summed E-state index contributed by atoms with van der Waals surface area (Å²) in [6, 6.07) is 6.77. The van der Waals surface area contributed by atoms with Gasteiger partial charge in [0.25, 0.3) is 5.91 Å². The summed E-state index contributed by atoms with van der Waals surface area (Å²) >= 11 is 0. The number of rotatable bonds is 3. The molecule has 1 N–H and O–H groups in total. The quantitative estimate of drug-likeness (QED) is 0.888. The maximum absolute atomic E-state index is 12.2. The molecule has 4 heteroatoms. The molecular weight excluding hydrogens is 230 g/mol. The Kier molecular flexibility index (Phi) is 2.95. The van der Waals surface area contributed by atoms with Crippen molar-refractivity contribution < 1.29 is 14.7 Å². The van der Waals surface area contributed by atoms with Gasteiger partial charge in [-0.1, -0.05) is 24.8 Å². The van der Waals surface area contributed by atoms with Crippen molar-refractivity contribution in [3.8, 4) is 0 Å². The van der Waals surface area contributed by atoms with E-state index in [4.69, 9.17) is 5.11 Å². The van der Waals surface area contributed by atoms with E-state index in [-0.39, 0.29) is 5.91 Å². The van der Waals surface area contributed by atoms with Crippen LogP contribution in [0, 0.1) is 5.92 Å². The molecule has 0 spiro atoms. The van der Waals surface area contributed by atoms with Crippen LogP contribution in [0.3, 0.4) is 0 Å². The molecule has 2 rings (SSSR count). The lowest BCUT2D eigenvalue weighted by molar-refractivity contribution is -0.142. The third-order valence-corrected chi connectivity index (χ3v) is 3.50. The molecule has 0 radical (unpaired) electrons. The van der Waals surface area contributed by atoms with Gasteiger partial charge in [0.15, 0.2) is 0 Å². The van der Waals surface area contributed by atoms with Gasteiger partial charge in [-0.25, -0.2) is 0 Å². The van der Waals surface area contributed by atoms with Crippen LogP contribution in [-0.4, -0.2) is 27.9 Å². The van der Waals surface area contributed by atoms with E-state index < -0.39 is 17.9 Å². The summed E-state index contributed by atoms with van der Waals surface area (Å²) in [7, 11) is 0. The summed E-state index contributed by atoms with van der Waals surface area (Å²) in [5.74, 6) is -1.73. The van der Waals surface area contributed by atoms with Crippen LogP contribution in [0.25, 0.3) is 5.70 Å². The molecular formula is C14H15NO3. The molecule has 2 unspecified atom stereocenters. The molecule has 1 amide bonds. The average Bonchev–Trinajstić information content (AvgIpc) is 2.61. The lowest BCUT2D eigenvalue weighted by Gasteiger charge is -2.28. The standard InChI is InChI=1S/C14H15NO3/c1-8(14(17)18)9(2)15-10(3)11-6-4-5-7-12(11)13(15)16/h4-9H,3H2,1-2H3,(H,17,18). The van der Waals surface area contributed by atoms with Gasteiger partial charge in [0.05, 0.1) is 5.92 Å². The van der Waals surface area contributed by atoms with Gasteiger partial charge >= 0.3 is 5.97 Å². The number of benzene rings is 1. The zero-order chi connectivity index (χ0) is 13.4. The maximum Gasteiger partial charge on any atom is 0.308 e. The molecule has 4 nitrogen and oxygen atoms in total. The van der Waals surface area contributed by atoms with Crippen LogP contribution >= 0.6 is 0 Å². The highest BCUT2D eigenvalue weighted by atomic mass is 16.4. The van der Waals surface area contributed by atoms with E-state index in [0.717, 1.165) is 5.56 Å². The molecule has 94 valence electrons. The molecule has 0 saturated heterocycles. The van der Waals surface area contributed by atoms with E-state index in [1.54, 1.807) is 26.0 Å². The van der Waals surface area contributed by atoms with Crippen molar-refractivity contribution in [3.05, 3.63) is 42.0 Å². The number of fused-ring (bicyclic) bond motifs is 1. The van der Waals surface area contributed by atoms with E-state index in [9.17, 15) is 9.59 Å². The molecule has 0 fully saturated rings. The van der Waals surface area contributed by atoms with E-state index in [1.165, 1.54) is 4.90 Å². The van der Waals surface area contributed by atoms with Crippen molar-refractivity contribution in [2.45, 2.75) is 19.9 Å². The van der Waals surface area contributed by atoms with Gasteiger partial charge in [0.2, 0.25) is 0 Å². The van der Waals surface area contributed by atoms with Crippen LogP contribution in [-0.2, 0) is 4.79 Å². The van der Waals surface area contributed by atoms with Crippen molar-refractivity contribution in [2.24, 2.45) is 5.92 Å². The van der Waals surface area contributed by atoms with Gasteiger partial charge in [-0.15, -0.1) is 0 Å². The van der Waals surface area contributed by atoms with Gasteiger partial charge < -0.3 is 10.0 Å². The Bertz CT molecular complexity index is 501.